The van der Waals surface area contributed by atoms with Gasteiger partial charge in [-0.15, -0.1) is 0 Å². The van der Waals surface area contributed by atoms with E-state index in [1.807, 2.05) is 24.3 Å². The van der Waals surface area contributed by atoms with Gasteiger partial charge in [0.2, 0.25) is 0 Å². The van der Waals surface area contributed by atoms with E-state index in [9.17, 15) is 0 Å². The number of nitrogen functional groups attached to an aromatic ring is 1. The first-order chi connectivity index (χ1) is 10.9. The van der Waals surface area contributed by atoms with Gasteiger partial charge in [-0.25, -0.2) is 4.68 Å². The van der Waals surface area contributed by atoms with E-state index >= 15 is 0 Å². The van der Waals surface area contributed by atoms with Crippen LogP contribution in [-0.4, -0.2) is 22.9 Å². The van der Waals surface area contributed by atoms with Crippen LogP contribution in [0.2, 0.25) is 5.02 Å². The predicted molar refractivity (Wildman–Crippen MR) is 96.9 cm³/mol. The molecule has 0 bridgehead atoms. The number of hydrogen-bond donors (Lipinski definition) is 2. The van der Waals surface area contributed by atoms with Crippen molar-refractivity contribution in [3.05, 3.63) is 35.0 Å². The van der Waals surface area contributed by atoms with Gasteiger partial charge in [0.25, 0.3) is 0 Å². The summed E-state index contributed by atoms with van der Waals surface area (Å²) in [6.07, 6.45) is 2.08. The predicted octanol–water partition coefficient (Wildman–Crippen LogP) is 4.01. The van der Waals surface area contributed by atoms with Crippen LogP contribution in [0, 0.1) is 0 Å². The van der Waals surface area contributed by atoms with Gasteiger partial charge >= 0.3 is 0 Å². The number of anilines is 1. The second-order valence-corrected chi connectivity index (χ2v) is 7.40. The lowest BCUT2D eigenvalue weighted by Crippen LogP contribution is -2.43. The van der Waals surface area contributed by atoms with Gasteiger partial charge in [-0.2, -0.15) is 5.10 Å². The van der Waals surface area contributed by atoms with Crippen molar-refractivity contribution >= 4 is 17.4 Å². The minimum Gasteiger partial charge on any atom is -0.383 e. The Hall–Kier alpha value is -1.52. The van der Waals surface area contributed by atoms with Crippen molar-refractivity contribution in [2.75, 3.05) is 18.8 Å². The minimum absolute atomic E-state index is 0.0242. The van der Waals surface area contributed by atoms with Gasteiger partial charge in [-0.1, -0.05) is 37.6 Å². The molecule has 2 aromatic rings. The van der Waals surface area contributed by atoms with Crippen molar-refractivity contribution in [3.8, 4) is 11.1 Å². The van der Waals surface area contributed by atoms with Gasteiger partial charge in [0.1, 0.15) is 5.82 Å². The summed E-state index contributed by atoms with van der Waals surface area (Å²) in [7, 11) is 0. The number of nitrogens with two attached hydrogens (primary N) is 1. The zero-order chi connectivity index (χ0) is 16.6. The van der Waals surface area contributed by atoms with Crippen LogP contribution in [-0.2, 0) is 5.54 Å². The highest BCUT2D eigenvalue weighted by atomic mass is 35.5. The van der Waals surface area contributed by atoms with Crippen molar-refractivity contribution in [1.29, 1.82) is 0 Å². The number of nitrogens with one attached hydrogen (secondary N) is 1. The van der Waals surface area contributed by atoms with E-state index in [4.69, 9.17) is 22.4 Å². The Morgan fingerprint density at radius 2 is 1.83 bits per heavy atom. The fourth-order valence-electron chi connectivity index (χ4n) is 3.35. The fourth-order valence-corrected chi connectivity index (χ4v) is 3.48. The molecule has 1 aliphatic rings. The summed E-state index contributed by atoms with van der Waals surface area (Å²) in [6, 6.07) is 7.86. The average Bonchev–Trinajstić information content (AvgIpc) is 2.87. The van der Waals surface area contributed by atoms with E-state index in [0.717, 1.165) is 53.6 Å². The van der Waals surface area contributed by atoms with E-state index in [0.29, 0.717) is 5.92 Å². The van der Waals surface area contributed by atoms with Crippen LogP contribution in [0.15, 0.2) is 24.3 Å². The Balaban J connectivity index is 2.13. The number of benzene rings is 1. The first kappa shape index (κ1) is 16.3. The third kappa shape index (κ3) is 2.98. The highest BCUT2D eigenvalue weighted by Crippen LogP contribution is 2.39. The molecule has 0 amide bonds. The maximum absolute atomic E-state index is 6.58. The average molecular weight is 333 g/mol. The third-order valence-corrected chi connectivity index (χ3v) is 5.07. The van der Waals surface area contributed by atoms with Crippen molar-refractivity contribution in [2.24, 2.45) is 0 Å². The molecule has 1 aromatic heterocycles. The molecule has 3 rings (SSSR count). The van der Waals surface area contributed by atoms with E-state index in [2.05, 4.69) is 30.8 Å². The van der Waals surface area contributed by atoms with Crippen molar-refractivity contribution < 1.29 is 0 Å². The van der Waals surface area contributed by atoms with E-state index in [1.54, 1.807) is 0 Å². The van der Waals surface area contributed by atoms with Crippen LogP contribution >= 0.6 is 11.6 Å². The van der Waals surface area contributed by atoms with Crippen LogP contribution < -0.4 is 11.1 Å². The van der Waals surface area contributed by atoms with Crippen LogP contribution in [0.3, 0.4) is 0 Å². The monoisotopic (exact) mass is 332 g/mol. The molecule has 0 radical (unpaired) electrons. The van der Waals surface area contributed by atoms with Gasteiger partial charge in [0.15, 0.2) is 0 Å². The normalized spacial score (nSPS) is 17.6. The number of rotatable bonds is 3. The zero-order valence-corrected chi connectivity index (χ0v) is 14.8. The van der Waals surface area contributed by atoms with Crippen LogP contribution in [0.4, 0.5) is 5.82 Å². The summed E-state index contributed by atoms with van der Waals surface area (Å²) in [4.78, 5) is 0. The summed E-state index contributed by atoms with van der Waals surface area (Å²) in [5.74, 6) is 1.08. The quantitative estimate of drug-likeness (QED) is 0.893. The highest BCUT2D eigenvalue weighted by molar-refractivity contribution is 6.30. The number of piperidine rings is 1. The number of aromatic nitrogens is 2. The zero-order valence-electron chi connectivity index (χ0n) is 14.1. The topological polar surface area (TPSA) is 55.9 Å². The molecule has 0 saturated carbocycles. The van der Waals surface area contributed by atoms with Gasteiger partial charge in [0, 0.05) is 10.6 Å². The standard InChI is InChI=1S/C18H25ClN4/c1-12(2)16-15(13-4-6-14(19)7-5-13)17(20)23(22-16)18(3)8-10-21-11-9-18/h4-7,12,21H,8-11,20H2,1-3H3. The second kappa shape index (κ2) is 6.17. The van der Waals surface area contributed by atoms with Gasteiger partial charge < -0.3 is 11.1 Å². The first-order valence-corrected chi connectivity index (χ1v) is 8.66. The van der Waals surface area contributed by atoms with Crippen molar-refractivity contribution in [1.82, 2.24) is 15.1 Å². The van der Waals surface area contributed by atoms with Gasteiger partial charge in [0.05, 0.1) is 11.2 Å². The molecule has 0 unspecified atom stereocenters. The van der Waals surface area contributed by atoms with Gasteiger partial charge in [-0.05, 0) is 56.5 Å². The minimum atomic E-state index is -0.0242. The molecular weight excluding hydrogens is 308 g/mol. The molecule has 3 N–H and O–H groups in total. The lowest BCUT2D eigenvalue weighted by molar-refractivity contribution is 0.212. The number of halogens is 1. The second-order valence-electron chi connectivity index (χ2n) is 6.97. The Labute approximate surface area is 143 Å². The molecule has 0 aliphatic carbocycles. The summed E-state index contributed by atoms with van der Waals surface area (Å²) in [5.41, 5.74) is 9.75. The lowest BCUT2D eigenvalue weighted by Gasteiger charge is -2.35. The van der Waals surface area contributed by atoms with E-state index in [1.165, 1.54) is 0 Å². The molecule has 1 aromatic carbocycles. The van der Waals surface area contributed by atoms with E-state index < -0.39 is 0 Å². The molecule has 1 fully saturated rings. The fraction of sp³-hybridized carbons (Fsp3) is 0.500. The molecular formula is C18H25ClN4. The lowest BCUT2D eigenvalue weighted by atomic mass is 9.90. The van der Waals surface area contributed by atoms with Crippen molar-refractivity contribution in [3.63, 3.8) is 0 Å². The van der Waals surface area contributed by atoms with Crippen molar-refractivity contribution in [2.45, 2.75) is 45.1 Å². The smallest absolute Gasteiger partial charge is 0.130 e. The maximum atomic E-state index is 6.58. The van der Waals surface area contributed by atoms with Gasteiger partial charge in [-0.3, -0.25) is 0 Å². The Morgan fingerprint density at radius 1 is 1.22 bits per heavy atom. The molecule has 4 nitrogen and oxygen atoms in total. The Bertz CT molecular complexity index is 682. The molecule has 124 valence electrons. The van der Waals surface area contributed by atoms with E-state index in [-0.39, 0.29) is 5.54 Å². The third-order valence-electron chi connectivity index (χ3n) is 4.82. The summed E-state index contributed by atoms with van der Waals surface area (Å²) >= 11 is 6.03. The molecule has 23 heavy (non-hydrogen) atoms. The Kier molecular flexibility index (Phi) is 4.39. The van der Waals surface area contributed by atoms with Crippen LogP contribution in [0.5, 0.6) is 0 Å². The molecule has 5 heteroatoms. The number of nitrogens with zero attached hydrogens (tertiary/aromatic N) is 2. The molecule has 0 spiro atoms. The van der Waals surface area contributed by atoms with Crippen LogP contribution in [0.1, 0.15) is 45.2 Å². The molecule has 2 heterocycles. The summed E-state index contributed by atoms with van der Waals surface area (Å²) < 4.78 is 2.06. The maximum Gasteiger partial charge on any atom is 0.130 e. The number of hydrogen-bond acceptors (Lipinski definition) is 3. The molecule has 0 atom stereocenters. The SMILES string of the molecule is CC(C)c1nn(C2(C)CCNCC2)c(N)c1-c1ccc(Cl)cc1. The molecule has 1 aliphatic heterocycles. The summed E-state index contributed by atoms with van der Waals surface area (Å²) in [6.45, 7) is 8.59. The summed E-state index contributed by atoms with van der Waals surface area (Å²) in [5, 5.41) is 9.08. The first-order valence-electron chi connectivity index (χ1n) is 8.28. The Morgan fingerprint density at radius 3 is 2.39 bits per heavy atom. The largest absolute Gasteiger partial charge is 0.383 e. The molecule has 1 saturated heterocycles. The highest BCUT2D eigenvalue weighted by Gasteiger charge is 2.33. The van der Waals surface area contributed by atoms with Crippen LogP contribution in [0.25, 0.3) is 11.1 Å².